The average Bonchev–Trinajstić information content (AvgIpc) is 2.70. The summed E-state index contributed by atoms with van der Waals surface area (Å²) in [5.74, 6) is 1.40. The van der Waals surface area contributed by atoms with Crippen molar-refractivity contribution in [2.75, 3.05) is 13.1 Å². The molecule has 0 radical (unpaired) electrons. The van der Waals surface area contributed by atoms with Crippen molar-refractivity contribution in [3.05, 3.63) is 24.2 Å². The van der Waals surface area contributed by atoms with E-state index in [1.165, 1.54) is 0 Å². The average molecular weight is 209 g/mol. The van der Waals surface area contributed by atoms with Crippen molar-refractivity contribution in [2.24, 2.45) is 5.92 Å². The summed E-state index contributed by atoms with van der Waals surface area (Å²) >= 11 is 0. The minimum Gasteiger partial charge on any atom is -0.467 e. The summed E-state index contributed by atoms with van der Waals surface area (Å²) in [6.45, 7) is 8.26. The Labute approximate surface area is 90.8 Å². The molecule has 0 bridgehead atoms. The monoisotopic (exact) mass is 209 g/mol. The Balaban J connectivity index is 2.11. The van der Waals surface area contributed by atoms with Crippen LogP contribution in [-0.4, -0.2) is 18.7 Å². The topological polar surface area (TPSA) is 34.4 Å². The molecule has 1 N–H and O–H groups in total. The molecule has 3 heteroatoms. The molecule has 2 unspecified atom stereocenters. The summed E-state index contributed by atoms with van der Waals surface area (Å²) in [5.41, 5.74) is -0.101. The first-order valence-corrected chi connectivity index (χ1v) is 5.54. The van der Waals surface area contributed by atoms with Crippen LogP contribution in [-0.2, 0) is 4.74 Å². The first-order valence-electron chi connectivity index (χ1n) is 5.54. The number of hydrogen-bond acceptors (Lipinski definition) is 3. The number of ether oxygens (including phenoxy) is 1. The van der Waals surface area contributed by atoms with E-state index in [1.807, 2.05) is 12.1 Å². The fourth-order valence-electron chi connectivity index (χ4n) is 1.83. The number of rotatable bonds is 2. The van der Waals surface area contributed by atoms with Crippen molar-refractivity contribution >= 4 is 0 Å². The van der Waals surface area contributed by atoms with E-state index in [0.717, 1.165) is 18.8 Å². The molecule has 1 aromatic rings. The van der Waals surface area contributed by atoms with Crippen LogP contribution < -0.4 is 5.32 Å². The lowest BCUT2D eigenvalue weighted by Gasteiger charge is -2.41. The van der Waals surface area contributed by atoms with Gasteiger partial charge in [-0.1, -0.05) is 13.8 Å². The summed E-state index contributed by atoms with van der Waals surface area (Å²) in [6.07, 6.45) is 1.74. The van der Waals surface area contributed by atoms with E-state index >= 15 is 0 Å². The zero-order valence-corrected chi connectivity index (χ0v) is 9.62. The van der Waals surface area contributed by atoms with Crippen LogP contribution in [0.5, 0.6) is 0 Å². The number of hydrogen-bond donors (Lipinski definition) is 1. The molecule has 0 saturated carbocycles. The van der Waals surface area contributed by atoms with Gasteiger partial charge in [0.25, 0.3) is 0 Å². The van der Waals surface area contributed by atoms with Crippen molar-refractivity contribution < 1.29 is 9.15 Å². The van der Waals surface area contributed by atoms with Gasteiger partial charge in [0, 0.05) is 13.1 Å². The lowest BCUT2D eigenvalue weighted by Crippen LogP contribution is -2.51. The normalized spacial score (nSPS) is 32.1. The Hall–Kier alpha value is -0.800. The molecule has 0 aliphatic carbocycles. The summed E-state index contributed by atoms with van der Waals surface area (Å²) in [4.78, 5) is 0. The Morgan fingerprint density at radius 2 is 2.33 bits per heavy atom. The maximum Gasteiger partial charge on any atom is 0.133 e. The predicted molar refractivity (Wildman–Crippen MR) is 58.6 cm³/mol. The molecule has 0 aromatic carbocycles. The van der Waals surface area contributed by atoms with E-state index in [1.54, 1.807) is 6.26 Å². The highest BCUT2D eigenvalue weighted by molar-refractivity contribution is 5.05. The quantitative estimate of drug-likeness (QED) is 0.812. The van der Waals surface area contributed by atoms with Crippen LogP contribution in [0, 0.1) is 5.92 Å². The Morgan fingerprint density at radius 1 is 1.53 bits per heavy atom. The van der Waals surface area contributed by atoms with Gasteiger partial charge >= 0.3 is 0 Å². The van der Waals surface area contributed by atoms with E-state index in [2.05, 4.69) is 26.1 Å². The second-order valence-electron chi connectivity index (χ2n) is 4.72. The maximum absolute atomic E-state index is 6.12. The van der Waals surface area contributed by atoms with E-state index in [-0.39, 0.29) is 11.7 Å². The molecule has 2 rings (SSSR count). The third-order valence-electron chi connectivity index (χ3n) is 3.30. The third-order valence-corrected chi connectivity index (χ3v) is 3.30. The summed E-state index contributed by atoms with van der Waals surface area (Å²) < 4.78 is 11.5. The van der Waals surface area contributed by atoms with Crippen molar-refractivity contribution in [1.29, 1.82) is 0 Å². The molecule has 1 aliphatic heterocycles. The lowest BCUT2D eigenvalue weighted by molar-refractivity contribution is -0.138. The molecule has 0 amide bonds. The van der Waals surface area contributed by atoms with E-state index in [4.69, 9.17) is 9.15 Å². The Morgan fingerprint density at radius 3 is 2.93 bits per heavy atom. The maximum atomic E-state index is 6.12. The highest BCUT2D eigenvalue weighted by atomic mass is 16.5. The molecule has 3 nitrogen and oxygen atoms in total. The SMILES string of the molecule is CC(C)C1(C)CNCC(c2ccco2)O1. The number of nitrogens with one attached hydrogen (secondary N) is 1. The lowest BCUT2D eigenvalue weighted by atomic mass is 9.90. The van der Waals surface area contributed by atoms with Crippen LogP contribution in [0.4, 0.5) is 0 Å². The molecule has 1 aromatic heterocycles. The van der Waals surface area contributed by atoms with Gasteiger partial charge in [-0.15, -0.1) is 0 Å². The van der Waals surface area contributed by atoms with Gasteiger partial charge in [0.05, 0.1) is 11.9 Å². The highest BCUT2D eigenvalue weighted by Crippen LogP contribution is 2.31. The second kappa shape index (κ2) is 3.99. The first-order chi connectivity index (χ1) is 7.12. The van der Waals surface area contributed by atoms with Crippen molar-refractivity contribution in [3.8, 4) is 0 Å². The molecule has 2 atom stereocenters. The van der Waals surface area contributed by atoms with Gasteiger partial charge in [-0.25, -0.2) is 0 Å². The molecular formula is C12H19NO2. The van der Waals surface area contributed by atoms with Crippen LogP contribution in [0.15, 0.2) is 22.8 Å². The van der Waals surface area contributed by atoms with Gasteiger partial charge in [0.2, 0.25) is 0 Å². The summed E-state index contributed by atoms with van der Waals surface area (Å²) in [5, 5.41) is 3.41. The van der Waals surface area contributed by atoms with Crippen LogP contribution in [0.25, 0.3) is 0 Å². The standard InChI is InChI=1S/C12H19NO2/c1-9(2)12(3)8-13-7-11(15-12)10-5-4-6-14-10/h4-6,9,11,13H,7-8H2,1-3H3. The van der Waals surface area contributed by atoms with Crippen molar-refractivity contribution in [1.82, 2.24) is 5.32 Å². The molecule has 15 heavy (non-hydrogen) atoms. The van der Waals surface area contributed by atoms with Crippen LogP contribution >= 0.6 is 0 Å². The van der Waals surface area contributed by atoms with Crippen LogP contribution in [0.2, 0.25) is 0 Å². The third kappa shape index (κ3) is 2.08. The molecular weight excluding hydrogens is 190 g/mol. The van der Waals surface area contributed by atoms with Crippen molar-refractivity contribution in [3.63, 3.8) is 0 Å². The number of furan rings is 1. The van der Waals surface area contributed by atoms with Gasteiger partial charge in [-0.2, -0.15) is 0 Å². The van der Waals surface area contributed by atoms with Crippen molar-refractivity contribution in [2.45, 2.75) is 32.5 Å². The van der Waals surface area contributed by atoms with E-state index < -0.39 is 0 Å². The minimum atomic E-state index is -0.101. The van der Waals surface area contributed by atoms with Gasteiger partial charge < -0.3 is 14.5 Å². The van der Waals surface area contributed by atoms with Gasteiger partial charge in [-0.3, -0.25) is 0 Å². The fraction of sp³-hybridized carbons (Fsp3) is 0.667. The smallest absolute Gasteiger partial charge is 0.133 e. The van der Waals surface area contributed by atoms with Crippen LogP contribution in [0.3, 0.4) is 0 Å². The Bertz CT molecular complexity index is 307. The van der Waals surface area contributed by atoms with Crippen LogP contribution in [0.1, 0.15) is 32.6 Å². The second-order valence-corrected chi connectivity index (χ2v) is 4.72. The zero-order valence-electron chi connectivity index (χ0n) is 9.62. The predicted octanol–water partition coefficient (Wildman–Crippen LogP) is 2.36. The van der Waals surface area contributed by atoms with E-state index in [0.29, 0.717) is 5.92 Å². The molecule has 1 fully saturated rings. The van der Waals surface area contributed by atoms with E-state index in [9.17, 15) is 0 Å². The molecule has 1 aliphatic rings. The largest absolute Gasteiger partial charge is 0.467 e. The molecule has 84 valence electrons. The van der Waals surface area contributed by atoms with Gasteiger partial charge in [-0.05, 0) is 25.0 Å². The molecule has 0 spiro atoms. The first kappa shape index (κ1) is 10.7. The summed E-state index contributed by atoms with van der Waals surface area (Å²) in [7, 11) is 0. The fourth-order valence-corrected chi connectivity index (χ4v) is 1.83. The van der Waals surface area contributed by atoms with Gasteiger partial charge in [0.15, 0.2) is 0 Å². The highest BCUT2D eigenvalue weighted by Gasteiger charge is 2.36. The molecule has 2 heterocycles. The number of morpholine rings is 1. The zero-order chi connectivity index (χ0) is 10.9. The Kier molecular flexibility index (Phi) is 2.85. The minimum absolute atomic E-state index is 0.0427. The summed E-state index contributed by atoms with van der Waals surface area (Å²) in [6, 6.07) is 3.87. The molecule has 1 saturated heterocycles. The van der Waals surface area contributed by atoms with Gasteiger partial charge in [0.1, 0.15) is 11.9 Å².